The first-order valence-electron chi connectivity index (χ1n) is 2.51. The monoisotopic (exact) mass is 155 g/mol. The van der Waals surface area contributed by atoms with Crippen molar-refractivity contribution in [2.45, 2.75) is 13.3 Å². The summed E-state index contributed by atoms with van der Waals surface area (Å²) in [5, 5.41) is 0. The van der Waals surface area contributed by atoms with Crippen LogP contribution in [-0.4, -0.2) is 34.8 Å². The van der Waals surface area contributed by atoms with Crippen molar-refractivity contribution in [1.82, 2.24) is 0 Å². The quantitative estimate of drug-likeness (QED) is 0.275. The second kappa shape index (κ2) is 6.14. The number of hydrogen-bond acceptors (Lipinski definition) is 5. The molecular formula is C3H13NO4Si. The van der Waals surface area contributed by atoms with Crippen LogP contribution in [0.5, 0.6) is 0 Å². The Bertz CT molecular complexity index is 46.3. The van der Waals surface area contributed by atoms with Gasteiger partial charge in [0.05, 0.1) is 0 Å². The summed E-state index contributed by atoms with van der Waals surface area (Å²) in [6.45, 7) is 2.88. The molecule has 0 saturated carbocycles. The van der Waals surface area contributed by atoms with Gasteiger partial charge in [0, 0.05) is 0 Å². The Morgan fingerprint density at radius 2 is 1.33 bits per heavy atom. The Labute approximate surface area is 54.9 Å². The number of rotatable bonds is 1. The van der Waals surface area contributed by atoms with Crippen molar-refractivity contribution in [2.24, 2.45) is 5.73 Å². The van der Waals surface area contributed by atoms with Crippen molar-refractivity contribution in [3.05, 3.63) is 0 Å². The van der Waals surface area contributed by atoms with Crippen LogP contribution in [0.4, 0.5) is 0 Å². The fraction of sp³-hybridized carbons (Fsp3) is 1.00. The molecule has 0 fully saturated rings. The lowest BCUT2D eigenvalue weighted by atomic mass is 10.5. The Morgan fingerprint density at radius 1 is 1.22 bits per heavy atom. The minimum atomic E-state index is -4.61. The van der Waals surface area contributed by atoms with E-state index in [2.05, 4.69) is 6.92 Å². The van der Waals surface area contributed by atoms with E-state index >= 15 is 0 Å². The first-order valence-corrected chi connectivity index (χ1v) is 4.30. The van der Waals surface area contributed by atoms with E-state index in [4.69, 9.17) is 24.9 Å². The van der Waals surface area contributed by atoms with Crippen molar-refractivity contribution in [3.8, 4) is 0 Å². The number of nitrogens with two attached hydrogens (primary N) is 1. The van der Waals surface area contributed by atoms with Crippen LogP contribution in [0.3, 0.4) is 0 Å². The van der Waals surface area contributed by atoms with Gasteiger partial charge in [-0.25, -0.2) is 0 Å². The highest BCUT2D eigenvalue weighted by Crippen LogP contribution is 1.67. The number of hydrogen-bond donors (Lipinski definition) is 5. The smallest absolute Gasteiger partial charge is 0.368 e. The summed E-state index contributed by atoms with van der Waals surface area (Å²) in [6, 6.07) is 0. The molecule has 0 aromatic carbocycles. The van der Waals surface area contributed by atoms with Gasteiger partial charge in [0.1, 0.15) is 0 Å². The maximum Gasteiger partial charge on any atom is 0.668 e. The lowest BCUT2D eigenvalue weighted by molar-refractivity contribution is 0.117. The molecule has 6 N–H and O–H groups in total. The molecule has 0 aromatic heterocycles. The second-order valence-electron chi connectivity index (χ2n) is 1.39. The fourth-order valence-electron chi connectivity index (χ4n) is 0. The van der Waals surface area contributed by atoms with E-state index in [0.29, 0.717) is 0 Å². The van der Waals surface area contributed by atoms with Gasteiger partial charge in [-0.3, -0.25) is 0 Å². The van der Waals surface area contributed by atoms with Gasteiger partial charge in [0.25, 0.3) is 0 Å². The van der Waals surface area contributed by atoms with Crippen LogP contribution >= 0.6 is 0 Å². The van der Waals surface area contributed by atoms with E-state index in [1.807, 2.05) is 0 Å². The highest BCUT2D eigenvalue weighted by atomic mass is 28.4. The third-order valence-electron chi connectivity index (χ3n) is 0.289. The highest BCUT2D eigenvalue weighted by Gasteiger charge is 2.22. The Balaban J connectivity index is 0. The van der Waals surface area contributed by atoms with E-state index in [-0.39, 0.29) is 0 Å². The zero-order valence-electron chi connectivity index (χ0n) is 5.28. The third-order valence-corrected chi connectivity index (χ3v) is 0.289. The van der Waals surface area contributed by atoms with Gasteiger partial charge in [0.15, 0.2) is 0 Å². The van der Waals surface area contributed by atoms with Crippen molar-refractivity contribution in [2.75, 3.05) is 6.54 Å². The second-order valence-corrected chi connectivity index (χ2v) is 2.59. The Kier molecular flexibility index (Phi) is 8.03. The molecule has 0 bridgehead atoms. The lowest BCUT2D eigenvalue weighted by Gasteiger charge is -1.91. The van der Waals surface area contributed by atoms with Crippen LogP contribution in [-0.2, 0) is 0 Å². The van der Waals surface area contributed by atoms with E-state index in [1.165, 1.54) is 0 Å². The molecule has 0 aliphatic heterocycles. The maximum atomic E-state index is 7.33. The molecule has 58 valence electrons. The molecule has 0 aliphatic rings. The van der Waals surface area contributed by atoms with Crippen molar-refractivity contribution < 1.29 is 19.2 Å². The van der Waals surface area contributed by atoms with E-state index < -0.39 is 9.05 Å². The predicted octanol–water partition coefficient (Wildman–Crippen LogP) is -2.25. The summed E-state index contributed by atoms with van der Waals surface area (Å²) in [5.74, 6) is 0. The van der Waals surface area contributed by atoms with E-state index in [9.17, 15) is 0 Å². The van der Waals surface area contributed by atoms with Crippen LogP contribution < -0.4 is 5.73 Å². The molecule has 9 heavy (non-hydrogen) atoms. The topological polar surface area (TPSA) is 107 Å². The van der Waals surface area contributed by atoms with Crippen LogP contribution in [0.15, 0.2) is 0 Å². The summed E-state index contributed by atoms with van der Waals surface area (Å²) in [7, 11) is -4.61. The van der Waals surface area contributed by atoms with E-state index in [1.54, 1.807) is 0 Å². The SMILES string of the molecule is CCCN.O[Si](O)(O)O. The van der Waals surface area contributed by atoms with Crippen LogP contribution in [0.2, 0.25) is 0 Å². The summed E-state index contributed by atoms with van der Waals surface area (Å²) in [6.07, 6.45) is 1.10. The molecular weight excluding hydrogens is 142 g/mol. The molecule has 0 heterocycles. The molecule has 0 saturated heterocycles. The van der Waals surface area contributed by atoms with Crippen molar-refractivity contribution in [1.29, 1.82) is 0 Å². The molecule has 0 atom stereocenters. The first kappa shape index (κ1) is 11.8. The fourth-order valence-corrected chi connectivity index (χ4v) is 0. The minimum absolute atomic E-state index is 0.819. The van der Waals surface area contributed by atoms with Gasteiger partial charge in [-0.05, 0) is 13.0 Å². The standard InChI is InChI=1S/C3H9N.H4O4Si/c1-2-3-4;1-5(2,3)4/h2-4H2,1H3;1-4H. The molecule has 0 rings (SSSR count). The molecule has 5 nitrogen and oxygen atoms in total. The Hall–Kier alpha value is 0.0169. The first-order chi connectivity index (χ1) is 3.91. The van der Waals surface area contributed by atoms with Crippen molar-refractivity contribution in [3.63, 3.8) is 0 Å². The average Bonchev–Trinajstić information content (AvgIpc) is 1.61. The molecule has 0 unspecified atom stereocenters. The zero-order chi connectivity index (χ0) is 7.91. The van der Waals surface area contributed by atoms with Gasteiger partial charge in [0.2, 0.25) is 0 Å². The molecule has 0 aliphatic carbocycles. The summed E-state index contributed by atoms with van der Waals surface area (Å²) in [4.78, 5) is 29.3. The van der Waals surface area contributed by atoms with Crippen LogP contribution in [0, 0.1) is 0 Å². The van der Waals surface area contributed by atoms with Crippen LogP contribution in [0.1, 0.15) is 13.3 Å². The molecule has 0 radical (unpaired) electrons. The maximum absolute atomic E-state index is 7.33. The van der Waals surface area contributed by atoms with Gasteiger partial charge < -0.3 is 24.9 Å². The molecule has 0 aromatic rings. The molecule has 0 spiro atoms. The van der Waals surface area contributed by atoms with Gasteiger partial charge >= 0.3 is 9.05 Å². The van der Waals surface area contributed by atoms with Crippen LogP contribution in [0.25, 0.3) is 0 Å². The average molecular weight is 155 g/mol. The molecule has 6 heteroatoms. The van der Waals surface area contributed by atoms with E-state index in [0.717, 1.165) is 13.0 Å². The normalized spacial score (nSPS) is 10.0. The minimum Gasteiger partial charge on any atom is -0.368 e. The molecule has 0 amide bonds. The summed E-state index contributed by atoms with van der Waals surface area (Å²) < 4.78 is 0. The van der Waals surface area contributed by atoms with Gasteiger partial charge in [-0.2, -0.15) is 0 Å². The zero-order valence-corrected chi connectivity index (χ0v) is 6.28. The largest absolute Gasteiger partial charge is 0.668 e. The predicted molar refractivity (Wildman–Crippen MR) is 34.0 cm³/mol. The summed E-state index contributed by atoms with van der Waals surface area (Å²) >= 11 is 0. The van der Waals surface area contributed by atoms with Crippen molar-refractivity contribution >= 4 is 9.05 Å². The van der Waals surface area contributed by atoms with Gasteiger partial charge in [-0.1, -0.05) is 6.92 Å². The highest BCUT2D eigenvalue weighted by molar-refractivity contribution is 6.46. The Morgan fingerprint density at radius 3 is 1.33 bits per heavy atom. The lowest BCUT2D eigenvalue weighted by Crippen LogP contribution is -2.33. The summed E-state index contributed by atoms with van der Waals surface area (Å²) in [5.41, 5.74) is 5.03. The third kappa shape index (κ3) is 281. The van der Waals surface area contributed by atoms with Gasteiger partial charge in [-0.15, -0.1) is 0 Å².